The van der Waals surface area contributed by atoms with Crippen LogP contribution in [0.15, 0.2) is 107 Å². The Labute approximate surface area is 188 Å². The summed E-state index contributed by atoms with van der Waals surface area (Å²) in [6, 6.07) is 29.7. The zero-order valence-corrected chi connectivity index (χ0v) is 17.8. The second-order valence-corrected chi connectivity index (χ2v) is 8.26. The quantitative estimate of drug-likeness (QED) is 0.422. The zero-order chi connectivity index (χ0) is 21.9. The van der Waals surface area contributed by atoms with Crippen LogP contribution in [0, 0.1) is 0 Å². The number of carbonyl (C=O) groups is 1. The van der Waals surface area contributed by atoms with Crippen molar-refractivity contribution in [3.05, 3.63) is 129 Å². The summed E-state index contributed by atoms with van der Waals surface area (Å²) in [6.07, 6.45) is 0. The van der Waals surface area contributed by atoms with Gasteiger partial charge < -0.3 is 5.32 Å². The fourth-order valence-electron chi connectivity index (χ4n) is 3.72. The first kappa shape index (κ1) is 19.9. The highest BCUT2D eigenvalue weighted by atomic mass is 32.1. The van der Waals surface area contributed by atoms with Crippen molar-refractivity contribution in [2.24, 2.45) is 0 Å². The van der Waals surface area contributed by atoms with Crippen molar-refractivity contribution in [1.82, 2.24) is 15.1 Å². The van der Waals surface area contributed by atoms with E-state index in [4.69, 9.17) is 0 Å². The van der Waals surface area contributed by atoms with Crippen LogP contribution in [0.25, 0.3) is 16.5 Å². The third-order valence-electron chi connectivity index (χ3n) is 5.26. The summed E-state index contributed by atoms with van der Waals surface area (Å²) >= 11 is 1.58. The molecule has 156 valence electrons. The number of nitrogens with zero attached hydrogens (tertiary/aromatic N) is 2. The molecule has 0 aliphatic heterocycles. The number of para-hydroxylation sites is 1. The SMILES string of the molecule is O=C(NC(c1ccccc1)c1cccs1)c1nn(-c2ccccc2)c(=O)c2ccccc12. The lowest BCUT2D eigenvalue weighted by molar-refractivity contribution is 0.0938. The Bertz CT molecular complexity index is 1430. The summed E-state index contributed by atoms with van der Waals surface area (Å²) in [7, 11) is 0. The molecule has 1 unspecified atom stereocenters. The van der Waals surface area contributed by atoms with Gasteiger partial charge in [0, 0.05) is 10.3 Å². The summed E-state index contributed by atoms with van der Waals surface area (Å²) in [4.78, 5) is 27.7. The largest absolute Gasteiger partial charge is 0.339 e. The average molecular weight is 438 g/mol. The Kier molecular flexibility index (Phi) is 5.35. The molecule has 0 spiro atoms. The summed E-state index contributed by atoms with van der Waals surface area (Å²) in [5, 5.41) is 10.6. The van der Waals surface area contributed by atoms with Crippen molar-refractivity contribution in [1.29, 1.82) is 0 Å². The van der Waals surface area contributed by atoms with Gasteiger partial charge in [-0.15, -0.1) is 11.3 Å². The number of hydrogen-bond acceptors (Lipinski definition) is 4. The highest BCUT2D eigenvalue weighted by Gasteiger charge is 2.22. The van der Waals surface area contributed by atoms with Crippen LogP contribution in [0.5, 0.6) is 0 Å². The van der Waals surface area contributed by atoms with Crippen LogP contribution in [0.1, 0.15) is 27.0 Å². The van der Waals surface area contributed by atoms with Crippen molar-refractivity contribution in [2.75, 3.05) is 0 Å². The molecular formula is C26H19N3O2S. The van der Waals surface area contributed by atoms with Crippen molar-refractivity contribution in [3.8, 4) is 5.69 Å². The highest BCUT2D eigenvalue weighted by molar-refractivity contribution is 7.10. The first-order chi connectivity index (χ1) is 15.7. The summed E-state index contributed by atoms with van der Waals surface area (Å²) in [6.45, 7) is 0. The number of fused-ring (bicyclic) bond motifs is 1. The van der Waals surface area contributed by atoms with Gasteiger partial charge in [0.2, 0.25) is 0 Å². The maximum Gasteiger partial charge on any atom is 0.279 e. The van der Waals surface area contributed by atoms with Gasteiger partial charge in [-0.1, -0.05) is 72.8 Å². The number of hydrogen-bond donors (Lipinski definition) is 1. The van der Waals surface area contributed by atoms with Crippen LogP contribution in [0.3, 0.4) is 0 Å². The molecule has 3 aromatic carbocycles. The summed E-state index contributed by atoms with van der Waals surface area (Å²) in [5.74, 6) is -0.340. The van der Waals surface area contributed by atoms with Gasteiger partial charge >= 0.3 is 0 Å². The third kappa shape index (κ3) is 3.72. The molecule has 5 rings (SSSR count). The molecule has 0 fully saturated rings. The lowest BCUT2D eigenvalue weighted by atomic mass is 10.0. The molecule has 0 bridgehead atoms. The van der Waals surface area contributed by atoms with Gasteiger partial charge in [-0.3, -0.25) is 9.59 Å². The lowest BCUT2D eigenvalue weighted by Gasteiger charge is -2.19. The molecule has 32 heavy (non-hydrogen) atoms. The zero-order valence-electron chi connectivity index (χ0n) is 17.0. The van der Waals surface area contributed by atoms with E-state index < -0.39 is 0 Å². The molecule has 5 nitrogen and oxygen atoms in total. The van der Waals surface area contributed by atoms with Gasteiger partial charge in [0.1, 0.15) is 0 Å². The second kappa shape index (κ2) is 8.61. The lowest BCUT2D eigenvalue weighted by Crippen LogP contribution is -2.32. The number of rotatable bonds is 5. The van der Waals surface area contributed by atoms with Gasteiger partial charge in [0.15, 0.2) is 5.69 Å². The Balaban J connectivity index is 1.63. The van der Waals surface area contributed by atoms with Crippen molar-refractivity contribution in [2.45, 2.75) is 6.04 Å². The molecule has 0 aliphatic rings. The molecular weight excluding hydrogens is 418 g/mol. The van der Waals surface area contributed by atoms with Gasteiger partial charge in [-0.05, 0) is 35.2 Å². The maximum absolute atomic E-state index is 13.5. The summed E-state index contributed by atoms with van der Waals surface area (Å²) in [5.41, 5.74) is 1.53. The van der Waals surface area contributed by atoms with Gasteiger partial charge in [-0.25, -0.2) is 0 Å². The Morgan fingerprint density at radius 3 is 2.16 bits per heavy atom. The number of aromatic nitrogens is 2. The number of nitrogens with one attached hydrogen (secondary N) is 1. The molecule has 0 saturated heterocycles. The maximum atomic E-state index is 13.5. The van der Waals surface area contributed by atoms with E-state index in [1.807, 2.05) is 66.0 Å². The predicted molar refractivity (Wildman–Crippen MR) is 127 cm³/mol. The van der Waals surface area contributed by atoms with Crippen LogP contribution >= 0.6 is 11.3 Å². The van der Waals surface area contributed by atoms with Crippen LogP contribution in [-0.4, -0.2) is 15.7 Å². The van der Waals surface area contributed by atoms with E-state index >= 15 is 0 Å². The van der Waals surface area contributed by atoms with Crippen LogP contribution in [0.4, 0.5) is 0 Å². The number of thiophene rings is 1. The van der Waals surface area contributed by atoms with E-state index in [9.17, 15) is 9.59 Å². The molecule has 6 heteroatoms. The number of carbonyl (C=O) groups excluding carboxylic acids is 1. The van der Waals surface area contributed by atoms with Crippen LogP contribution in [-0.2, 0) is 0 Å². The van der Waals surface area contributed by atoms with E-state index in [-0.39, 0.29) is 23.2 Å². The van der Waals surface area contributed by atoms with E-state index in [1.165, 1.54) is 4.68 Å². The fourth-order valence-corrected chi connectivity index (χ4v) is 4.52. The van der Waals surface area contributed by atoms with Crippen LogP contribution < -0.4 is 10.9 Å². The van der Waals surface area contributed by atoms with E-state index in [0.717, 1.165) is 10.4 Å². The van der Waals surface area contributed by atoms with Crippen molar-refractivity contribution < 1.29 is 4.79 Å². The topological polar surface area (TPSA) is 64.0 Å². The van der Waals surface area contributed by atoms with Crippen molar-refractivity contribution in [3.63, 3.8) is 0 Å². The first-order valence-corrected chi connectivity index (χ1v) is 11.1. The molecule has 1 atom stereocenters. The first-order valence-electron chi connectivity index (χ1n) is 10.2. The van der Waals surface area contributed by atoms with E-state index in [0.29, 0.717) is 16.5 Å². The number of benzene rings is 3. The summed E-state index contributed by atoms with van der Waals surface area (Å²) < 4.78 is 1.29. The Hall–Kier alpha value is -4.03. The third-order valence-corrected chi connectivity index (χ3v) is 6.19. The molecule has 1 amide bonds. The van der Waals surface area contributed by atoms with Gasteiger partial charge in [0.05, 0.1) is 17.1 Å². The number of amides is 1. The molecule has 0 radical (unpaired) electrons. The normalized spacial score (nSPS) is 11.9. The minimum Gasteiger partial charge on any atom is -0.339 e. The molecule has 2 aromatic heterocycles. The Morgan fingerprint density at radius 1 is 0.812 bits per heavy atom. The monoisotopic (exact) mass is 437 g/mol. The second-order valence-electron chi connectivity index (χ2n) is 7.28. The molecule has 2 heterocycles. The minimum atomic E-state index is -0.340. The van der Waals surface area contributed by atoms with Crippen LogP contribution in [0.2, 0.25) is 0 Å². The predicted octanol–water partition coefficient (Wildman–Crippen LogP) is 4.97. The molecule has 5 aromatic rings. The molecule has 0 aliphatic carbocycles. The van der Waals surface area contributed by atoms with Gasteiger partial charge in [0.25, 0.3) is 11.5 Å². The Morgan fingerprint density at radius 2 is 1.47 bits per heavy atom. The molecule has 0 saturated carbocycles. The minimum absolute atomic E-state index is 0.210. The standard InChI is InChI=1S/C26H19N3O2S/c30-25(27-23(22-16-9-17-32-22)18-10-3-1-4-11-18)24-20-14-7-8-15-21(20)26(31)29(28-24)19-12-5-2-6-13-19/h1-17,23H,(H,27,30). The van der Waals surface area contributed by atoms with Crippen molar-refractivity contribution >= 4 is 28.0 Å². The highest BCUT2D eigenvalue weighted by Crippen LogP contribution is 2.27. The van der Waals surface area contributed by atoms with Gasteiger partial charge in [-0.2, -0.15) is 9.78 Å². The van der Waals surface area contributed by atoms with E-state index in [1.54, 1.807) is 47.7 Å². The smallest absolute Gasteiger partial charge is 0.279 e. The van der Waals surface area contributed by atoms with E-state index in [2.05, 4.69) is 10.4 Å². The fraction of sp³-hybridized carbons (Fsp3) is 0.0385. The average Bonchev–Trinajstić information content (AvgIpc) is 3.38. The molecule has 1 N–H and O–H groups in total.